The Balaban J connectivity index is 1.57. The summed E-state index contributed by atoms with van der Waals surface area (Å²) in [6.07, 6.45) is 7.20. The summed E-state index contributed by atoms with van der Waals surface area (Å²) < 4.78 is 1.69. The average Bonchev–Trinajstić information content (AvgIpc) is 3.05. The Morgan fingerprint density at radius 3 is 2.74 bits per heavy atom. The smallest absolute Gasteiger partial charge is 0.254 e. The van der Waals surface area contributed by atoms with Crippen LogP contribution in [0.5, 0.6) is 0 Å². The molecule has 0 spiro atoms. The molecule has 0 bridgehead atoms. The minimum Gasteiger partial charge on any atom is -0.357 e. The van der Waals surface area contributed by atoms with E-state index in [1.807, 2.05) is 19.2 Å². The van der Waals surface area contributed by atoms with Gasteiger partial charge in [-0.1, -0.05) is 0 Å². The minimum atomic E-state index is 0.588. The van der Waals surface area contributed by atoms with Crippen LogP contribution in [-0.2, 0) is 0 Å². The summed E-state index contributed by atoms with van der Waals surface area (Å²) in [6, 6.07) is 6.07. The summed E-state index contributed by atoms with van der Waals surface area (Å²) in [5, 5.41) is 7.54. The number of aryl methyl sites for hydroxylation is 1. The van der Waals surface area contributed by atoms with Crippen molar-refractivity contribution >= 4 is 23.1 Å². The number of piperidine rings is 1. The van der Waals surface area contributed by atoms with Crippen molar-refractivity contribution in [3.05, 3.63) is 36.4 Å². The number of pyridine rings is 1. The summed E-state index contributed by atoms with van der Waals surface area (Å²) in [5.74, 6) is 2.47. The van der Waals surface area contributed by atoms with E-state index in [0.717, 1.165) is 36.1 Å². The molecule has 4 heterocycles. The molecule has 0 saturated carbocycles. The molecule has 0 aromatic carbocycles. The predicted molar refractivity (Wildman–Crippen MR) is 89.1 cm³/mol. The van der Waals surface area contributed by atoms with Gasteiger partial charge in [0.15, 0.2) is 0 Å². The summed E-state index contributed by atoms with van der Waals surface area (Å²) >= 11 is 0. The van der Waals surface area contributed by atoms with E-state index in [-0.39, 0.29) is 0 Å². The molecule has 1 aliphatic rings. The maximum Gasteiger partial charge on any atom is 0.254 e. The number of hydrogen-bond acceptors (Lipinski definition) is 6. The topological polar surface area (TPSA) is 71.2 Å². The van der Waals surface area contributed by atoms with Crippen molar-refractivity contribution in [2.24, 2.45) is 0 Å². The second-order valence-corrected chi connectivity index (χ2v) is 5.83. The highest BCUT2D eigenvalue weighted by Gasteiger charge is 2.12. The number of aromatic nitrogens is 5. The van der Waals surface area contributed by atoms with Crippen LogP contribution in [0.2, 0.25) is 0 Å². The normalized spacial score (nSPS) is 15.1. The third-order valence-corrected chi connectivity index (χ3v) is 4.08. The Bertz CT molecular complexity index is 803. The SMILES string of the molecule is Cc1cc(Nc2ccc(N3CCCCC3)nc2)n2ncnc2n1. The third kappa shape index (κ3) is 2.81. The summed E-state index contributed by atoms with van der Waals surface area (Å²) in [5.41, 5.74) is 1.82. The first kappa shape index (κ1) is 13.9. The van der Waals surface area contributed by atoms with Crippen molar-refractivity contribution in [1.29, 1.82) is 0 Å². The zero-order valence-corrected chi connectivity index (χ0v) is 13.1. The van der Waals surface area contributed by atoms with Crippen LogP contribution < -0.4 is 10.2 Å². The van der Waals surface area contributed by atoms with Gasteiger partial charge < -0.3 is 10.2 Å². The predicted octanol–water partition coefficient (Wildman–Crippen LogP) is 2.56. The van der Waals surface area contributed by atoms with E-state index >= 15 is 0 Å². The Labute approximate surface area is 134 Å². The zero-order valence-electron chi connectivity index (χ0n) is 13.1. The van der Waals surface area contributed by atoms with E-state index in [4.69, 9.17) is 0 Å². The number of nitrogens with one attached hydrogen (secondary N) is 1. The van der Waals surface area contributed by atoms with Crippen LogP contribution in [0.15, 0.2) is 30.7 Å². The summed E-state index contributed by atoms with van der Waals surface area (Å²) in [7, 11) is 0. The molecular formula is C16H19N7. The lowest BCUT2D eigenvalue weighted by Crippen LogP contribution is -2.29. The number of anilines is 3. The second-order valence-electron chi connectivity index (χ2n) is 5.83. The molecule has 0 atom stereocenters. The average molecular weight is 309 g/mol. The molecular weight excluding hydrogens is 290 g/mol. The maximum atomic E-state index is 4.59. The molecule has 3 aromatic heterocycles. The van der Waals surface area contributed by atoms with Crippen LogP contribution >= 0.6 is 0 Å². The van der Waals surface area contributed by atoms with Crippen molar-refractivity contribution in [2.45, 2.75) is 26.2 Å². The molecule has 0 aliphatic carbocycles. The fraction of sp³-hybridized carbons (Fsp3) is 0.375. The molecule has 0 amide bonds. The van der Waals surface area contributed by atoms with Crippen LogP contribution in [0, 0.1) is 6.92 Å². The van der Waals surface area contributed by atoms with Gasteiger partial charge in [0.25, 0.3) is 5.78 Å². The van der Waals surface area contributed by atoms with Crippen LogP contribution in [0.3, 0.4) is 0 Å². The molecule has 7 nitrogen and oxygen atoms in total. The highest BCUT2D eigenvalue weighted by molar-refractivity contribution is 5.59. The minimum absolute atomic E-state index is 0.588. The molecule has 118 valence electrons. The summed E-state index contributed by atoms with van der Waals surface area (Å²) in [6.45, 7) is 4.14. The quantitative estimate of drug-likeness (QED) is 0.802. The number of nitrogens with zero attached hydrogens (tertiary/aromatic N) is 6. The van der Waals surface area contributed by atoms with Crippen molar-refractivity contribution in [1.82, 2.24) is 24.6 Å². The lowest BCUT2D eigenvalue weighted by Gasteiger charge is -2.27. The molecule has 1 fully saturated rings. The van der Waals surface area contributed by atoms with Crippen LogP contribution in [0.25, 0.3) is 5.78 Å². The zero-order chi connectivity index (χ0) is 15.6. The van der Waals surface area contributed by atoms with Crippen molar-refractivity contribution in [3.63, 3.8) is 0 Å². The van der Waals surface area contributed by atoms with E-state index < -0.39 is 0 Å². The molecule has 4 rings (SSSR count). The van der Waals surface area contributed by atoms with Crippen molar-refractivity contribution < 1.29 is 0 Å². The van der Waals surface area contributed by atoms with Gasteiger partial charge in [-0.3, -0.25) is 0 Å². The molecule has 1 saturated heterocycles. The van der Waals surface area contributed by atoms with Gasteiger partial charge in [-0.05, 0) is 38.3 Å². The largest absolute Gasteiger partial charge is 0.357 e. The van der Waals surface area contributed by atoms with E-state index in [9.17, 15) is 0 Å². The second kappa shape index (κ2) is 5.83. The highest BCUT2D eigenvalue weighted by atomic mass is 15.4. The fourth-order valence-electron chi connectivity index (χ4n) is 2.94. The van der Waals surface area contributed by atoms with Gasteiger partial charge in [-0.25, -0.2) is 9.97 Å². The van der Waals surface area contributed by atoms with Gasteiger partial charge in [0.05, 0.1) is 11.9 Å². The van der Waals surface area contributed by atoms with Gasteiger partial charge in [0.1, 0.15) is 18.0 Å². The number of hydrogen-bond donors (Lipinski definition) is 1. The lowest BCUT2D eigenvalue weighted by atomic mass is 10.1. The monoisotopic (exact) mass is 309 g/mol. The Morgan fingerprint density at radius 2 is 1.96 bits per heavy atom. The molecule has 23 heavy (non-hydrogen) atoms. The first-order valence-corrected chi connectivity index (χ1v) is 7.95. The van der Waals surface area contributed by atoms with Gasteiger partial charge in [-0.15, -0.1) is 0 Å². The lowest BCUT2D eigenvalue weighted by molar-refractivity contribution is 0.573. The molecule has 0 radical (unpaired) electrons. The van der Waals surface area contributed by atoms with Crippen molar-refractivity contribution in [2.75, 3.05) is 23.3 Å². The van der Waals surface area contributed by atoms with Gasteiger partial charge >= 0.3 is 0 Å². The van der Waals surface area contributed by atoms with Crippen LogP contribution in [0.1, 0.15) is 25.0 Å². The van der Waals surface area contributed by atoms with E-state index in [2.05, 4.69) is 42.4 Å². The molecule has 0 unspecified atom stereocenters. The van der Waals surface area contributed by atoms with Crippen LogP contribution in [-0.4, -0.2) is 37.7 Å². The van der Waals surface area contributed by atoms with E-state index in [1.54, 1.807) is 4.52 Å². The van der Waals surface area contributed by atoms with Gasteiger partial charge in [0, 0.05) is 24.8 Å². The van der Waals surface area contributed by atoms with Gasteiger partial charge in [0.2, 0.25) is 0 Å². The Kier molecular flexibility index (Phi) is 3.53. The summed E-state index contributed by atoms with van der Waals surface area (Å²) in [4.78, 5) is 15.4. The maximum absolute atomic E-state index is 4.59. The molecule has 7 heteroatoms. The third-order valence-electron chi connectivity index (χ3n) is 4.08. The number of rotatable bonds is 3. The Morgan fingerprint density at radius 1 is 1.09 bits per heavy atom. The van der Waals surface area contributed by atoms with Crippen LogP contribution in [0.4, 0.5) is 17.3 Å². The Hall–Kier alpha value is -2.70. The van der Waals surface area contributed by atoms with Gasteiger partial charge in [-0.2, -0.15) is 14.6 Å². The highest BCUT2D eigenvalue weighted by Crippen LogP contribution is 2.21. The standard InChI is InChI=1S/C16H19N7/c1-12-9-15(23-16(20-12)18-11-19-23)21-13-5-6-14(17-10-13)22-7-3-2-4-8-22/h5-6,9-11,21H,2-4,7-8H2,1H3. The molecule has 1 N–H and O–H groups in total. The van der Waals surface area contributed by atoms with E-state index in [0.29, 0.717) is 5.78 Å². The first-order chi connectivity index (χ1) is 11.3. The van der Waals surface area contributed by atoms with Crippen molar-refractivity contribution in [3.8, 4) is 0 Å². The molecule has 1 aliphatic heterocycles. The fourth-order valence-corrected chi connectivity index (χ4v) is 2.94. The molecule has 3 aromatic rings. The number of fused-ring (bicyclic) bond motifs is 1. The first-order valence-electron chi connectivity index (χ1n) is 7.95. The van der Waals surface area contributed by atoms with E-state index in [1.165, 1.54) is 25.6 Å².